The van der Waals surface area contributed by atoms with E-state index in [1.165, 1.54) is 24.0 Å². The monoisotopic (exact) mass is 391 g/mol. The van der Waals surface area contributed by atoms with Crippen LogP contribution in [-0.2, 0) is 12.6 Å². The standard InChI is InChI=1S/C21H24F3N3O/c1-3-4-5-16-13-8-9-21(16,17-7-6-12(22)10-14(13)17)25-20(28)15-11-27(2)26-18(15)19(23)24/h6-7,10-11,13,16,19H,3-5,8-9H2,1-2H3,(H,25,28). The molecule has 150 valence electrons. The molecule has 1 saturated carbocycles. The first kappa shape index (κ1) is 19.0. The van der Waals surface area contributed by atoms with E-state index in [0.29, 0.717) is 0 Å². The summed E-state index contributed by atoms with van der Waals surface area (Å²) in [6.07, 6.45) is 3.05. The van der Waals surface area contributed by atoms with Gasteiger partial charge in [0.2, 0.25) is 0 Å². The van der Waals surface area contributed by atoms with Crippen LogP contribution < -0.4 is 5.32 Å². The van der Waals surface area contributed by atoms with Gasteiger partial charge in [-0.15, -0.1) is 0 Å². The molecule has 4 rings (SSSR count). The molecule has 4 nitrogen and oxygen atoms in total. The van der Waals surface area contributed by atoms with Crippen LogP contribution in [0.1, 0.15) is 78.6 Å². The van der Waals surface area contributed by atoms with Gasteiger partial charge in [0.25, 0.3) is 12.3 Å². The number of unbranched alkanes of at least 4 members (excludes halogenated alkanes) is 1. The lowest BCUT2D eigenvalue weighted by molar-refractivity contribution is 0.0855. The fraction of sp³-hybridized carbons (Fsp3) is 0.524. The summed E-state index contributed by atoms with van der Waals surface area (Å²) in [4.78, 5) is 13.0. The molecule has 28 heavy (non-hydrogen) atoms. The minimum absolute atomic E-state index is 0.0971. The number of benzene rings is 1. The van der Waals surface area contributed by atoms with Crippen LogP contribution in [0.4, 0.5) is 13.2 Å². The summed E-state index contributed by atoms with van der Waals surface area (Å²) in [5.41, 5.74) is 0.651. The van der Waals surface area contributed by atoms with Crippen molar-refractivity contribution in [2.45, 2.75) is 56.9 Å². The number of nitrogens with one attached hydrogen (secondary N) is 1. The first-order chi connectivity index (χ1) is 13.4. The minimum atomic E-state index is -2.82. The number of carbonyl (C=O) groups excluding carboxylic acids is 1. The van der Waals surface area contributed by atoms with Gasteiger partial charge in [-0.25, -0.2) is 13.2 Å². The Hall–Kier alpha value is -2.31. The topological polar surface area (TPSA) is 46.9 Å². The van der Waals surface area contributed by atoms with E-state index >= 15 is 0 Å². The molecule has 2 bridgehead atoms. The van der Waals surface area contributed by atoms with Crippen LogP contribution in [0, 0.1) is 11.7 Å². The summed E-state index contributed by atoms with van der Waals surface area (Å²) in [6, 6.07) is 4.74. The van der Waals surface area contributed by atoms with E-state index in [2.05, 4.69) is 17.3 Å². The van der Waals surface area contributed by atoms with Gasteiger partial charge in [-0.2, -0.15) is 5.10 Å². The summed E-state index contributed by atoms with van der Waals surface area (Å²) in [6.45, 7) is 2.11. The highest BCUT2D eigenvalue weighted by Crippen LogP contribution is 2.61. The highest BCUT2D eigenvalue weighted by Gasteiger charge is 2.57. The summed E-state index contributed by atoms with van der Waals surface area (Å²) in [5.74, 6) is -0.474. The van der Waals surface area contributed by atoms with E-state index in [9.17, 15) is 18.0 Å². The van der Waals surface area contributed by atoms with Crippen molar-refractivity contribution < 1.29 is 18.0 Å². The molecule has 1 aromatic heterocycles. The molecule has 3 atom stereocenters. The van der Waals surface area contributed by atoms with Gasteiger partial charge in [0.05, 0.1) is 11.1 Å². The predicted molar refractivity (Wildman–Crippen MR) is 98.7 cm³/mol. The molecule has 0 aliphatic heterocycles. The van der Waals surface area contributed by atoms with Crippen molar-refractivity contribution in [2.75, 3.05) is 0 Å². The van der Waals surface area contributed by atoms with Crippen molar-refractivity contribution in [3.05, 3.63) is 52.6 Å². The molecule has 1 heterocycles. The summed E-state index contributed by atoms with van der Waals surface area (Å²) in [7, 11) is 1.52. The average molecular weight is 391 g/mol. The smallest absolute Gasteiger partial charge is 0.282 e. The third-order valence-corrected chi connectivity index (χ3v) is 6.38. The summed E-state index contributed by atoms with van der Waals surface area (Å²) < 4.78 is 41.8. The molecule has 7 heteroatoms. The first-order valence-electron chi connectivity index (χ1n) is 9.81. The molecule has 0 saturated heterocycles. The van der Waals surface area contributed by atoms with E-state index in [4.69, 9.17) is 0 Å². The molecule has 2 aromatic rings. The second-order valence-electron chi connectivity index (χ2n) is 7.95. The molecule has 2 aliphatic rings. The lowest BCUT2D eigenvalue weighted by atomic mass is 9.81. The zero-order valence-corrected chi connectivity index (χ0v) is 16.0. The van der Waals surface area contributed by atoms with Crippen LogP contribution in [0.2, 0.25) is 0 Å². The van der Waals surface area contributed by atoms with Crippen LogP contribution in [0.15, 0.2) is 24.4 Å². The Morgan fingerprint density at radius 3 is 2.93 bits per heavy atom. The third kappa shape index (κ3) is 2.83. The first-order valence-corrected chi connectivity index (χ1v) is 9.81. The number of rotatable bonds is 6. The number of nitrogens with zero attached hydrogens (tertiary/aromatic N) is 2. The van der Waals surface area contributed by atoms with E-state index < -0.39 is 23.6 Å². The maximum absolute atomic E-state index is 13.9. The third-order valence-electron chi connectivity index (χ3n) is 6.38. The Morgan fingerprint density at radius 1 is 1.43 bits per heavy atom. The second-order valence-corrected chi connectivity index (χ2v) is 7.95. The molecule has 1 fully saturated rings. The van der Waals surface area contributed by atoms with Gasteiger partial charge in [-0.3, -0.25) is 9.48 Å². The fourth-order valence-electron chi connectivity index (χ4n) is 5.27. The highest BCUT2D eigenvalue weighted by molar-refractivity contribution is 5.96. The molecule has 1 amide bonds. The second kappa shape index (κ2) is 6.94. The SMILES string of the molecule is CCCCC1C2CCC1(NC(=O)c1cn(C)nc1C(F)F)c1ccc(F)cc12. The Kier molecular flexibility index (Phi) is 4.71. The number of alkyl halides is 2. The number of carbonyl (C=O) groups is 1. The molecular formula is C21H24F3N3O. The van der Waals surface area contributed by atoms with Crippen molar-refractivity contribution in [1.82, 2.24) is 15.1 Å². The van der Waals surface area contributed by atoms with Crippen molar-refractivity contribution in [3.63, 3.8) is 0 Å². The van der Waals surface area contributed by atoms with Crippen LogP contribution in [0.5, 0.6) is 0 Å². The van der Waals surface area contributed by atoms with Crippen LogP contribution in [0.25, 0.3) is 0 Å². The van der Waals surface area contributed by atoms with E-state index in [0.717, 1.165) is 43.2 Å². The molecule has 1 N–H and O–H groups in total. The van der Waals surface area contributed by atoms with Crippen LogP contribution >= 0.6 is 0 Å². The van der Waals surface area contributed by atoms with Gasteiger partial charge in [-0.1, -0.05) is 25.8 Å². The minimum Gasteiger partial charge on any atom is -0.342 e. The lowest BCUT2D eigenvalue weighted by Crippen LogP contribution is -2.47. The van der Waals surface area contributed by atoms with Gasteiger partial charge in [0.15, 0.2) is 0 Å². The van der Waals surface area contributed by atoms with Crippen LogP contribution in [-0.4, -0.2) is 15.7 Å². The average Bonchev–Trinajstić information content (AvgIpc) is 3.28. The van der Waals surface area contributed by atoms with Crippen molar-refractivity contribution in [2.24, 2.45) is 13.0 Å². The van der Waals surface area contributed by atoms with Crippen molar-refractivity contribution >= 4 is 5.91 Å². The van der Waals surface area contributed by atoms with Crippen molar-refractivity contribution in [3.8, 4) is 0 Å². The lowest BCUT2D eigenvalue weighted by Gasteiger charge is -2.34. The maximum atomic E-state index is 13.9. The van der Waals surface area contributed by atoms with Gasteiger partial charge in [-0.05, 0) is 54.4 Å². The number of fused-ring (bicyclic) bond motifs is 5. The molecule has 0 radical (unpaired) electrons. The van der Waals surface area contributed by atoms with Crippen molar-refractivity contribution in [1.29, 1.82) is 0 Å². The maximum Gasteiger partial charge on any atom is 0.282 e. The quantitative estimate of drug-likeness (QED) is 0.767. The van der Waals surface area contributed by atoms with Gasteiger partial charge >= 0.3 is 0 Å². The van der Waals surface area contributed by atoms with Gasteiger partial charge < -0.3 is 5.32 Å². The molecule has 2 aliphatic carbocycles. The molecule has 0 spiro atoms. The fourth-order valence-corrected chi connectivity index (χ4v) is 5.27. The van der Waals surface area contributed by atoms with Gasteiger partial charge in [0.1, 0.15) is 11.5 Å². The summed E-state index contributed by atoms with van der Waals surface area (Å²) >= 11 is 0. The molecule has 3 unspecified atom stereocenters. The van der Waals surface area contributed by atoms with E-state index in [1.54, 1.807) is 12.1 Å². The number of hydrogen-bond donors (Lipinski definition) is 1. The summed E-state index contributed by atoms with van der Waals surface area (Å²) in [5, 5.41) is 6.84. The number of amides is 1. The largest absolute Gasteiger partial charge is 0.342 e. The zero-order valence-electron chi connectivity index (χ0n) is 16.0. The number of halogens is 3. The predicted octanol–water partition coefficient (Wildman–Crippen LogP) is 4.82. The van der Waals surface area contributed by atoms with Crippen LogP contribution in [0.3, 0.4) is 0 Å². The Balaban J connectivity index is 1.73. The number of hydrogen-bond acceptors (Lipinski definition) is 2. The molecule has 1 aromatic carbocycles. The Labute approximate surface area is 162 Å². The number of aromatic nitrogens is 2. The molecular weight excluding hydrogens is 367 g/mol. The normalized spacial score (nSPS) is 25.4. The van der Waals surface area contributed by atoms with E-state index in [-0.39, 0.29) is 23.2 Å². The van der Waals surface area contributed by atoms with Gasteiger partial charge in [0, 0.05) is 13.2 Å². The highest BCUT2D eigenvalue weighted by atomic mass is 19.3. The Bertz CT molecular complexity index is 910. The number of aryl methyl sites for hydroxylation is 1. The Morgan fingerprint density at radius 2 is 2.21 bits per heavy atom. The zero-order chi connectivity index (χ0) is 20.1. The van der Waals surface area contributed by atoms with E-state index in [1.807, 2.05) is 0 Å².